The lowest BCUT2D eigenvalue weighted by atomic mass is 10.0. The van der Waals surface area contributed by atoms with Gasteiger partial charge in [-0.3, -0.25) is 0 Å². The van der Waals surface area contributed by atoms with Crippen LogP contribution in [0.3, 0.4) is 0 Å². The van der Waals surface area contributed by atoms with Gasteiger partial charge in [-0.2, -0.15) is 0 Å². The first-order valence-corrected chi connectivity index (χ1v) is 12.4. The van der Waals surface area contributed by atoms with E-state index in [9.17, 15) is 4.39 Å². The Morgan fingerprint density at radius 1 is 1.12 bits per heavy atom. The monoisotopic (exact) mass is 502 g/mol. The van der Waals surface area contributed by atoms with Gasteiger partial charge in [-0.1, -0.05) is 13.8 Å². The molecule has 0 fully saturated rings. The van der Waals surface area contributed by atoms with Gasteiger partial charge in [0.15, 0.2) is 11.4 Å². The maximum atomic E-state index is 15.0. The largest absolute Gasteiger partial charge is 0.496 e. The van der Waals surface area contributed by atoms with Gasteiger partial charge >= 0.3 is 0 Å². The zero-order valence-electron chi connectivity index (χ0n) is 19.1. The smallest absolute Gasteiger partial charge is 0.294 e. The molecule has 11 heteroatoms. The lowest BCUT2D eigenvalue weighted by Gasteiger charge is -2.18. The summed E-state index contributed by atoms with van der Waals surface area (Å²) in [6.07, 6.45) is 2.56. The van der Waals surface area contributed by atoms with E-state index >= 15 is 0 Å². The average molecular weight is 503 g/mol. The summed E-state index contributed by atoms with van der Waals surface area (Å²) < 4.78 is 39.4. The molecule has 4 heterocycles. The molecular weight excluding hydrogens is 479 g/mol. The number of fused-ring (bicyclic) bond motifs is 2. The molecule has 0 aliphatic carbocycles. The van der Waals surface area contributed by atoms with Gasteiger partial charge in [0.1, 0.15) is 34.4 Å². The van der Waals surface area contributed by atoms with E-state index in [0.29, 0.717) is 62.2 Å². The standard InChI is InChI=1S/C23H23FN4O4S2/c1-5-23(24,6-2)20-25-13(12-33-20)11-31-17-7-14(29-3)8-18-15(17)9-19(32-18)16-10-28-21(26-16)34-22(27-28)30-4/h7-10,12H,5-6,11H2,1-4H3. The van der Waals surface area contributed by atoms with Crippen molar-refractivity contribution in [2.45, 2.75) is 39.0 Å². The summed E-state index contributed by atoms with van der Waals surface area (Å²) in [5.74, 6) is 1.75. The molecule has 0 radical (unpaired) electrons. The van der Waals surface area contributed by atoms with Crippen LogP contribution in [0.1, 0.15) is 37.4 Å². The van der Waals surface area contributed by atoms with Gasteiger partial charge in [-0.15, -0.1) is 16.4 Å². The van der Waals surface area contributed by atoms with Gasteiger partial charge in [-0.25, -0.2) is 18.9 Å². The van der Waals surface area contributed by atoms with Crippen LogP contribution < -0.4 is 14.2 Å². The summed E-state index contributed by atoms with van der Waals surface area (Å²) in [6.45, 7) is 3.87. The van der Waals surface area contributed by atoms with Crippen LogP contribution in [-0.2, 0) is 12.3 Å². The fourth-order valence-electron chi connectivity index (χ4n) is 3.61. The number of nitrogens with zero attached hydrogens (tertiary/aromatic N) is 4. The minimum Gasteiger partial charge on any atom is -0.496 e. The molecule has 0 aliphatic heterocycles. The zero-order valence-corrected chi connectivity index (χ0v) is 20.8. The zero-order chi connectivity index (χ0) is 23.9. The molecule has 0 N–H and O–H groups in total. The average Bonchev–Trinajstić information content (AvgIpc) is 3.63. The van der Waals surface area contributed by atoms with Gasteiger partial charge in [0.05, 0.1) is 31.5 Å². The molecule has 0 bridgehead atoms. The van der Waals surface area contributed by atoms with Crippen molar-refractivity contribution in [1.82, 2.24) is 19.6 Å². The number of alkyl halides is 1. The van der Waals surface area contributed by atoms with Gasteiger partial charge in [0, 0.05) is 17.5 Å². The SMILES string of the molecule is CCC(F)(CC)c1nc(COc2cc(OC)cc3oc(-c4cn5nc(OC)sc5n4)cc23)cs1. The number of halogens is 1. The normalized spacial score (nSPS) is 12.0. The van der Waals surface area contributed by atoms with Gasteiger partial charge in [0.2, 0.25) is 4.96 Å². The molecule has 0 spiro atoms. The Morgan fingerprint density at radius 3 is 2.65 bits per heavy atom. The topological polar surface area (TPSA) is 83.9 Å². The van der Waals surface area contributed by atoms with E-state index in [4.69, 9.17) is 18.6 Å². The molecule has 0 saturated carbocycles. The molecule has 4 aromatic heterocycles. The maximum absolute atomic E-state index is 15.0. The number of benzene rings is 1. The predicted molar refractivity (Wildman–Crippen MR) is 129 cm³/mol. The number of thiazole rings is 1. The number of hydrogen-bond acceptors (Lipinski definition) is 9. The third kappa shape index (κ3) is 3.98. The van der Waals surface area contributed by atoms with E-state index in [-0.39, 0.29) is 6.61 Å². The third-order valence-corrected chi connectivity index (χ3v) is 7.65. The molecule has 5 rings (SSSR count). The van der Waals surface area contributed by atoms with Crippen molar-refractivity contribution in [3.05, 3.63) is 40.5 Å². The van der Waals surface area contributed by atoms with Crippen LogP contribution in [0.2, 0.25) is 0 Å². The molecule has 0 unspecified atom stereocenters. The van der Waals surface area contributed by atoms with Gasteiger partial charge in [0.25, 0.3) is 5.19 Å². The van der Waals surface area contributed by atoms with Crippen molar-refractivity contribution >= 4 is 38.6 Å². The summed E-state index contributed by atoms with van der Waals surface area (Å²) >= 11 is 2.67. The number of rotatable bonds is 9. The lowest BCUT2D eigenvalue weighted by Crippen LogP contribution is -2.17. The summed E-state index contributed by atoms with van der Waals surface area (Å²) in [7, 11) is 3.15. The van der Waals surface area contributed by atoms with Gasteiger partial charge < -0.3 is 18.6 Å². The Morgan fingerprint density at radius 2 is 1.94 bits per heavy atom. The number of ether oxygens (including phenoxy) is 3. The maximum Gasteiger partial charge on any atom is 0.294 e. The molecule has 34 heavy (non-hydrogen) atoms. The number of methoxy groups -OCH3 is 2. The Balaban J connectivity index is 1.44. The number of imidazole rings is 1. The van der Waals surface area contributed by atoms with E-state index in [0.717, 1.165) is 5.39 Å². The first-order chi connectivity index (χ1) is 16.5. The molecule has 0 amide bonds. The molecular formula is C23H23FN4O4S2. The molecule has 178 valence electrons. The quantitative estimate of drug-likeness (QED) is 0.236. The highest BCUT2D eigenvalue weighted by molar-refractivity contribution is 7.18. The fraction of sp³-hybridized carbons (Fsp3) is 0.348. The van der Waals surface area contributed by atoms with Crippen molar-refractivity contribution in [2.75, 3.05) is 14.2 Å². The summed E-state index contributed by atoms with van der Waals surface area (Å²) in [4.78, 5) is 9.76. The van der Waals surface area contributed by atoms with E-state index in [1.807, 2.05) is 25.3 Å². The number of aromatic nitrogens is 4. The molecule has 8 nitrogen and oxygen atoms in total. The van der Waals surface area contributed by atoms with Gasteiger partial charge in [-0.05, 0) is 30.2 Å². The highest BCUT2D eigenvalue weighted by Crippen LogP contribution is 2.38. The Kier molecular flexibility index (Phi) is 5.90. The Hall–Kier alpha value is -3.18. The van der Waals surface area contributed by atoms with Crippen LogP contribution in [0.5, 0.6) is 16.7 Å². The Bertz CT molecular complexity index is 1420. The van der Waals surface area contributed by atoms with E-state index in [1.54, 1.807) is 37.1 Å². The van der Waals surface area contributed by atoms with E-state index < -0.39 is 5.67 Å². The van der Waals surface area contributed by atoms with Crippen molar-refractivity contribution in [1.29, 1.82) is 0 Å². The molecule has 0 aliphatic rings. The highest BCUT2D eigenvalue weighted by Gasteiger charge is 2.31. The highest BCUT2D eigenvalue weighted by atomic mass is 32.1. The Labute approximate surface area is 202 Å². The fourth-order valence-corrected chi connectivity index (χ4v) is 5.35. The first-order valence-electron chi connectivity index (χ1n) is 10.7. The van der Waals surface area contributed by atoms with Crippen LogP contribution in [0.4, 0.5) is 4.39 Å². The number of furan rings is 1. The predicted octanol–water partition coefficient (Wildman–Crippen LogP) is 6.24. The summed E-state index contributed by atoms with van der Waals surface area (Å²) in [5.41, 5.74) is 0.524. The summed E-state index contributed by atoms with van der Waals surface area (Å²) in [6, 6.07) is 5.47. The molecule has 0 saturated heterocycles. The second kappa shape index (κ2) is 8.88. The van der Waals surface area contributed by atoms with Crippen molar-refractivity contribution in [2.24, 2.45) is 0 Å². The second-order valence-corrected chi connectivity index (χ2v) is 9.46. The number of hydrogen-bond donors (Lipinski definition) is 0. The van der Waals surface area contributed by atoms with Crippen molar-refractivity contribution in [3.8, 4) is 28.1 Å². The second-order valence-electron chi connectivity index (χ2n) is 7.68. The first kappa shape index (κ1) is 22.6. The molecule has 5 aromatic rings. The minimum atomic E-state index is -1.40. The van der Waals surface area contributed by atoms with E-state index in [2.05, 4.69) is 15.1 Å². The van der Waals surface area contributed by atoms with Crippen LogP contribution in [0, 0.1) is 0 Å². The third-order valence-electron chi connectivity index (χ3n) is 5.69. The summed E-state index contributed by atoms with van der Waals surface area (Å²) in [5, 5.41) is 7.94. The van der Waals surface area contributed by atoms with Crippen LogP contribution in [0.15, 0.2) is 34.2 Å². The van der Waals surface area contributed by atoms with Crippen LogP contribution in [0.25, 0.3) is 27.4 Å². The minimum absolute atomic E-state index is 0.201. The lowest BCUT2D eigenvalue weighted by molar-refractivity contribution is 0.150. The van der Waals surface area contributed by atoms with E-state index in [1.165, 1.54) is 22.7 Å². The van der Waals surface area contributed by atoms with Crippen LogP contribution >= 0.6 is 22.7 Å². The van der Waals surface area contributed by atoms with Crippen molar-refractivity contribution < 1.29 is 23.0 Å². The van der Waals surface area contributed by atoms with Crippen LogP contribution in [-0.4, -0.2) is 33.8 Å². The van der Waals surface area contributed by atoms with Crippen molar-refractivity contribution in [3.63, 3.8) is 0 Å². The molecule has 1 aromatic carbocycles. The molecule has 0 atom stereocenters.